The molecule has 5 nitrogen and oxygen atoms in total. The number of para-hydroxylation sites is 2. The summed E-state index contributed by atoms with van der Waals surface area (Å²) in [6.07, 6.45) is 1.84. The van der Waals surface area contributed by atoms with Crippen molar-refractivity contribution in [2.45, 2.75) is 27.7 Å². The van der Waals surface area contributed by atoms with Gasteiger partial charge in [-0.3, -0.25) is 0 Å². The van der Waals surface area contributed by atoms with Gasteiger partial charge in [0, 0.05) is 6.20 Å². The van der Waals surface area contributed by atoms with E-state index in [0.717, 1.165) is 48.9 Å². The van der Waals surface area contributed by atoms with Crippen LogP contribution in [0, 0.1) is 31.5 Å². The first-order chi connectivity index (χ1) is 22.4. The van der Waals surface area contributed by atoms with Gasteiger partial charge in [0.15, 0.2) is 0 Å². The van der Waals surface area contributed by atoms with E-state index in [1.165, 1.54) is 38.7 Å². The van der Waals surface area contributed by atoms with Gasteiger partial charge in [0.05, 0.1) is 0 Å². The Kier molecular flexibility index (Phi) is 6.88. The zero-order valence-corrected chi connectivity index (χ0v) is 28.3. The van der Waals surface area contributed by atoms with Crippen molar-refractivity contribution in [3.05, 3.63) is 148 Å². The Morgan fingerprint density at radius 1 is 0.565 bits per heavy atom. The van der Waals surface area contributed by atoms with Crippen LogP contribution in [0.1, 0.15) is 22.3 Å². The van der Waals surface area contributed by atoms with Crippen LogP contribution >= 0.6 is 0 Å². The Morgan fingerprint density at radius 2 is 1.26 bits per heavy atom. The van der Waals surface area contributed by atoms with Crippen molar-refractivity contribution in [2.75, 3.05) is 0 Å². The van der Waals surface area contributed by atoms with E-state index in [0.29, 0.717) is 0 Å². The summed E-state index contributed by atoms with van der Waals surface area (Å²) < 4.78 is 14.6. The number of fused-ring (bicyclic) bond motifs is 4. The number of aryl methyl sites for hydroxylation is 4. The molecular formula is C40H32N4OPt. The summed E-state index contributed by atoms with van der Waals surface area (Å²) in [5, 5.41) is 2.41. The first-order valence-electron chi connectivity index (χ1n) is 15.4. The van der Waals surface area contributed by atoms with Gasteiger partial charge >= 0.3 is 242 Å². The van der Waals surface area contributed by atoms with Crippen molar-refractivity contribution >= 4 is 32.8 Å². The Labute approximate surface area is 278 Å². The van der Waals surface area contributed by atoms with Crippen LogP contribution in [0.3, 0.4) is 0 Å². The molecule has 3 heterocycles. The van der Waals surface area contributed by atoms with Crippen LogP contribution in [0.15, 0.2) is 121 Å². The van der Waals surface area contributed by atoms with Crippen molar-refractivity contribution < 1.29 is 24.1 Å². The van der Waals surface area contributed by atoms with E-state index in [9.17, 15) is 0 Å². The van der Waals surface area contributed by atoms with Gasteiger partial charge in [0.1, 0.15) is 0 Å². The molecule has 0 aliphatic carbocycles. The van der Waals surface area contributed by atoms with Crippen LogP contribution in [-0.2, 0) is 19.4 Å². The van der Waals surface area contributed by atoms with Gasteiger partial charge in [-0.15, -0.1) is 0 Å². The molecule has 0 unspecified atom stereocenters. The van der Waals surface area contributed by atoms with Gasteiger partial charge in [-0.2, -0.15) is 0 Å². The number of hydrogen-bond donors (Lipinski definition) is 0. The quantitative estimate of drug-likeness (QED) is 0.175. The number of aromatic nitrogens is 4. The Hall–Kier alpha value is -4.99. The molecule has 0 aliphatic heterocycles. The fourth-order valence-electron chi connectivity index (χ4n) is 6.94. The predicted octanol–water partition coefficient (Wildman–Crippen LogP) is 10.0. The molecule has 8 aromatic rings. The van der Waals surface area contributed by atoms with Crippen molar-refractivity contribution in [3.8, 4) is 28.7 Å². The average molecular weight is 780 g/mol. The van der Waals surface area contributed by atoms with Crippen molar-refractivity contribution in [1.29, 1.82) is 0 Å². The van der Waals surface area contributed by atoms with Crippen LogP contribution in [0.4, 0.5) is 0 Å². The van der Waals surface area contributed by atoms with Crippen LogP contribution in [0.25, 0.3) is 50.0 Å². The van der Waals surface area contributed by atoms with Gasteiger partial charge in [0.2, 0.25) is 0 Å². The van der Waals surface area contributed by atoms with E-state index in [1.54, 1.807) is 0 Å². The normalized spacial score (nSPS) is 11.6. The topological polar surface area (TPSA) is 36.9 Å². The summed E-state index contributed by atoms with van der Waals surface area (Å²) >= 11 is 2.46. The second-order valence-electron chi connectivity index (χ2n) is 11.9. The molecule has 0 radical (unpaired) electrons. The number of pyridine rings is 1. The second-order valence-corrected chi connectivity index (χ2v) is 12.9. The summed E-state index contributed by atoms with van der Waals surface area (Å²) in [7, 11) is 0. The number of nitrogens with zero attached hydrogens (tertiary/aromatic N) is 4. The van der Waals surface area contributed by atoms with E-state index < -0.39 is 0 Å². The molecule has 46 heavy (non-hydrogen) atoms. The molecule has 0 saturated carbocycles. The number of rotatable bonds is 5. The van der Waals surface area contributed by atoms with E-state index in [2.05, 4.69) is 152 Å². The zero-order chi connectivity index (χ0) is 31.5. The summed E-state index contributed by atoms with van der Waals surface area (Å²) in [5.74, 6) is 2.43. The molecule has 6 heteroatoms. The van der Waals surface area contributed by atoms with Gasteiger partial charge in [-0.1, -0.05) is 18.2 Å². The first kappa shape index (κ1) is 28.5. The molecule has 228 valence electrons. The maximum absolute atomic E-state index is 6.60. The summed E-state index contributed by atoms with van der Waals surface area (Å²) in [6, 6.07) is 40.3. The Balaban J connectivity index is 1.25. The molecule has 0 bridgehead atoms. The van der Waals surface area contributed by atoms with Gasteiger partial charge in [0.25, 0.3) is 0 Å². The average Bonchev–Trinajstić information content (AvgIpc) is 3.53. The minimum absolute atomic E-state index is 0.774. The molecule has 0 spiro atoms. The Morgan fingerprint density at radius 3 is 2.02 bits per heavy atom. The van der Waals surface area contributed by atoms with Crippen LogP contribution in [0.2, 0.25) is 0 Å². The van der Waals surface area contributed by atoms with E-state index in [1.807, 2.05) is 30.5 Å². The van der Waals surface area contributed by atoms with Gasteiger partial charge in [-0.25, -0.2) is 0 Å². The predicted molar refractivity (Wildman–Crippen MR) is 183 cm³/mol. The molecule has 0 saturated heterocycles. The molecule has 0 amide bonds. The molecule has 3 aromatic heterocycles. The molecule has 8 rings (SSSR count). The van der Waals surface area contributed by atoms with Crippen LogP contribution in [0.5, 0.6) is 11.5 Å². The SMILES string of the molecule is Cc1cc(C)c(-n2[c](=[Pt])n(-c3cccc(Oc4ccc5c6c(C)cccc6n(-c6ccccn6)c5c4)c3)c3ccccc32)c(C)c1. The fraction of sp³-hybridized carbons (Fsp3) is 0.100. The standard InChI is InChI=1S/C40H32N4O.Pt/c1-26-21-28(3)40(29(4)22-26)43-25-42(34-14-5-6-15-35(34)43)30-12-10-13-31(23-30)45-32-18-19-33-37(24-32)44(38-17-7-8-20-41-38)36-16-9-11-27(2)39(33)36;/h5-24H,1-4H3;. The molecule has 0 atom stereocenters. The van der Waals surface area contributed by atoms with Gasteiger partial charge in [-0.05, 0) is 13.0 Å². The summed E-state index contributed by atoms with van der Waals surface area (Å²) in [4.78, 5) is 4.70. The minimum atomic E-state index is 0.774. The Bertz CT molecular complexity index is 2500. The molecule has 5 aromatic carbocycles. The monoisotopic (exact) mass is 779 g/mol. The third kappa shape index (κ3) is 4.57. The molecule has 0 N–H and O–H groups in total. The van der Waals surface area contributed by atoms with Gasteiger partial charge < -0.3 is 0 Å². The number of ether oxygens (including phenoxy) is 1. The third-order valence-corrected chi connectivity index (χ3v) is 9.74. The number of hydrogen-bond acceptors (Lipinski definition) is 2. The number of imidazole rings is 1. The molecular weight excluding hydrogens is 748 g/mol. The van der Waals surface area contributed by atoms with Crippen molar-refractivity contribution in [1.82, 2.24) is 18.7 Å². The molecule has 0 fully saturated rings. The number of benzene rings is 5. The summed E-state index contributed by atoms with van der Waals surface area (Å²) in [5.41, 5.74) is 11.8. The van der Waals surface area contributed by atoms with Crippen LogP contribution < -0.4 is 4.74 Å². The zero-order valence-electron chi connectivity index (χ0n) is 26.1. The fourth-order valence-corrected chi connectivity index (χ4v) is 8.03. The van der Waals surface area contributed by atoms with E-state index in [4.69, 9.17) is 9.72 Å². The van der Waals surface area contributed by atoms with E-state index in [-0.39, 0.29) is 0 Å². The first-order valence-corrected chi connectivity index (χ1v) is 16.5. The maximum atomic E-state index is 6.60. The van der Waals surface area contributed by atoms with Crippen molar-refractivity contribution in [2.24, 2.45) is 0 Å². The molecule has 0 aliphatic rings. The third-order valence-electron chi connectivity index (χ3n) is 8.73. The second kappa shape index (κ2) is 11.1. The summed E-state index contributed by atoms with van der Waals surface area (Å²) in [6.45, 7) is 8.72. The van der Waals surface area contributed by atoms with E-state index >= 15 is 0 Å². The van der Waals surface area contributed by atoms with Crippen LogP contribution in [-0.4, -0.2) is 18.7 Å². The van der Waals surface area contributed by atoms with Crippen molar-refractivity contribution in [3.63, 3.8) is 0 Å².